The molecule has 0 unspecified atom stereocenters. The van der Waals surface area contributed by atoms with Gasteiger partial charge in [-0.25, -0.2) is 18.4 Å². The topological polar surface area (TPSA) is 66.4 Å². The number of hydrogen-bond donors (Lipinski definition) is 0. The molecule has 0 amide bonds. The molecule has 0 N–H and O–H groups in total. The van der Waals surface area contributed by atoms with Crippen molar-refractivity contribution in [2.45, 2.75) is 50.8 Å². The Hall–Kier alpha value is -2.03. The minimum Gasteiger partial charge on any atom is -0.353 e. The lowest BCUT2D eigenvalue weighted by Crippen LogP contribution is -2.49. The molecule has 1 atom stereocenters. The number of piperazine rings is 1. The molecule has 0 spiro atoms. The highest BCUT2D eigenvalue weighted by molar-refractivity contribution is 7.89. The molecule has 2 aliphatic rings. The predicted octanol–water partition coefficient (Wildman–Crippen LogP) is 4.28. The zero-order valence-corrected chi connectivity index (χ0v) is 20.4. The van der Waals surface area contributed by atoms with Crippen LogP contribution in [0.15, 0.2) is 35.5 Å². The SMILES string of the molecule is CCCc1ccc(S(=O)(=O)N2CCN(c3ncnc4sc5c(c34)CC[C@H](C)C5)CC2)cc1. The summed E-state index contributed by atoms with van der Waals surface area (Å²) >= 11 is 1.80. The molecule has 0 bridgehead atoms. The third-order valence-corrected chi connectivity index (χ3v) is 9.78. The van der Waals surface area contributed by atoms with E-state index < -0.39 is 10.0 Å². The van der Waals surface area contributed by atoms with Crippen LogP contribution >= 0.6 is 11.3 Å². The van der Waals surface area contributed by atoms with Crippen molar-refractivity contribution in [2.24, 2.45) is 5.92 Å². The number of aryl methyl sites for hydroxylation is 2. The van der Waals surface area contributed by atoms with Gasteiger partial charge >= 0.3 is 0 Å². The Kier molecular flexibility index (Phi) is 5.94. The monoisotopic (exact) mass is 470 g/mol. The van der Waals surface area contributed by atoms with E-state index in [1.54, 1.807) is 34.1 Å². The summed E-state index contributed by atoms with van der Waals surface area (Å²) < 4.78 is 28.0. The molecule has 5 rings (SSSR count). The van der Waals surface area contributed by atoms with Crippen molar-refractivity contribution in [2.75, 3.05) is 31.1 Å². The first-order valence-corrected chi connectivity index (χ1v) is 13.8. The summed E-state index contributed by atoms with van der Waals surface area (Å²) in [5.41, 5.74) is 2.60. The predicted molar refractivity (Wildman–Crippen MR) is 130 cm³/mol. The Labute approximate surface area is 194 Å². The van der Waals surface area contributed by atoms with E-state index in [0.29, 0.717) is 31.1 Å². The number of benzene rings is 1. The smallest absolute Gasteiger partial charge is 0.243 e. The maximum absolute atomic E-state index is 13.2. The minimum atomic E-state index is -3.48. The normalized spacial score (nSPS) is 19.9. The van der Waals surface area contributed by atoms with E-state index in [1.165, 1.54) is 27.8 Å². The second-order valence-corrected chi connectivity index (χ2v) is 12.0. The third-order valence-electron chi connectivity index (χ3n) is 6.71. The van der Waals surface area contributed by atoms with Crippen LogP contribution in [0.4, 0.5) is 5.82 Å². The molecule has 0 saturated carbocycles. The van der Waals surface area contributed by atoms with Crippen molar-refractivity contribution in [3.05, 3.63) is 46.6 Å². The van der Waals surface area contributed by atoms with E-state index in [-0.39, 0.29) is 0 Å². The lowest BCUT2D eigenvalue weighted by Gasteiger charge is -2.35. The standard InChI is InChI=1S/C24H30N4O2S2/c1-3-4-18-6-8-19(9-7-18)32(29,30)28-13-11-27(12-14-28)23-22-20-10-5-17(2)15-21(20)31-24(22)26-16-25-23/h6-9,16-17H,3-5,10-15H2,1-2H3/t17-/m0/s1. The van der Waals surface area contributed by atoms with E-state index in [4.69, 9.17) is 0 Å². The lowest BCUT2D eigenvalue weighted by molar-refractivity contribution is 0.384. The van der Waals surface area contributed by atoms with Crippen molar-refractivity contribution in [3.63, 3.8) is 0 Å². The number of sulfonamides is 1. The van der Waals surface area contributed by atoms with Crippen LogP contribution in [0.25, 0.3) is 10.2 Å². The Morgan fingerprint density at radius 2 is 1.84 bits per heavy atom. The van der Waals surface area contributed by atoms with Crippen molar-refractivity contribution < 1.29 is 8.42 Å². The van der Waals surface area contributed by atoms with Crippen LogP contribution in [0.3, 0.4) is 0 Å². The van der Waals surface area contributed by atoms with Gasteiger partial charge in [-0.3, -0.25) is 0 Å². The van der Waals surface area contributed by atoms with Gasteiger partial charge in [0.25, 0.3) is 0 Å². The van der Waals surface area contributed by atoms with Crippen LogP contribution in [0, 0.1) is 5.92 Å². The molecule has 3 aromatic rings. The van der Waals surface area contributed by atoms with Gasteiger partial charge in [0.1, 0.15) is 17.0 Å². The van der Waals surface area contributed by atoms with Crippen LogP contribution in [-0.4, -0.2) is 48.9 Å². The summed E-state index contributed by atoms with van der Waals surface area (Å²) in [6.07, 6.45) is 7.09. The number of anilines is 1. The molecule has 1 aliphatic carbocycles. The van der Waals surface area contributed by atoms with Crippen molar-refractivity contribution >= 4 is 37.4 Å². The summed E-state index contributed by atoms with van der Waals surface area (Å²) in [5.74, 6) is 1.69. The summed E-state index contributed by atoms with van der Waals surface area (Å²) in [7, 11) is -3.48. The van der Waals surface area contributed by atoms with E-state index in [9.17, 15) is 8.42 Å². The zero-order valence-electron chi connectivity index (χ0n) is 18.7. The Balaban J connectivity index is 1.35. The largest absolute Gasteiger partial charge is 0.353 e. The van der Waals surface area contributed by atoms with E-state index in [2.05, 4.69) is 28.7 Å². The molecule has 1 fully saturated rings. The fourth-order valence-corrected chi connectivity index (χ4v) is 7.67. The summed E-state index contributed by atoms with van der Waals surface area (Å²) in [6.45, 7) is 6.65. The number of fused-ring (bicyclic) bond motifs is 3. The highest BCUT2D eigenvalue weighted by Gasteiger charge is 2.31. The first-order valence-electron chi connectivity index (χ1n) is 11.6. The van der Waals surface area contributed by atoms with Crippen molar-refractivity contribution in [3.8, 4) is 0 Å². The van der Waals surface area contributed by atoms with Crippen LogP contribution < -0.4 is 4.90 Å². The second-order valence-electron chi connectivity index (χ2n) is 9.01. The Bertz CT molecular complexity index is 1210. The van der Waals surface area contributed by atoms with Crippen LogP contribution in [0.2, 0.25) is 0 Å². The fraction of sp³-hybridized carbons (Fsp3) is 0.500. The van der Waals surface area contributed by atoms with Gasteiger partial charge < -0.3 is 4.90 Å². The molecular formula is C24H30N4O2S2. The minimum absolute atomic E-state index is 0.385. The van der Waals surface area contributed by atoms with Gasteiger partial charge in [0.2, 0.25) is 10.0 Å². The number of thiophene rings is 1. The number of aromatic nitrogens is 2. The van der Waals surface area contributed by atoms with Crippen molar-refractivity contribution in [1.82, 2.24) is 14.3 Å². The average molecular weight is 471 g/mol. The van der Waals surface area contributed by atoms with Gasteiger partial charge in [-0.1, -0.05) is 32.4 Å². The molecule has 3 heterocycles. The van der Waals surface area contributed by atoms with Crippen molar-refractivity contribution in [1.29, 1.82) is 0 Å². The third kappa shape index (κ3) is 3.93. The highest BCUT2D eigenvalue weighted by Crippen LogP contribution is 2.40. The Morgan fingerprint density at radius 3 is 2.56 bits per heavy atom. The molecule has 1 aromatic carbocycles. The van der Waals surface area contributed by atoms with Gasteiger partial charge in [0.05, 0.1) is 10.3 Å². The number of nitrogens with zero attached hydrogens (tertiary/aromatic N) is 4. The fourth-order valence-electron chi connectivity index (χ4n) is 4.90. The zero-order chi connectivity index (χ0) is 22.3. The second kappa shape index (κ2) is 8.72. The number of rotatable bonds is 5. The van der Waals surface area contributed by atoms with Gasteiger partial charge in [0, 0.05) is 31.1 Å². The van der Waals surface area contributed by atoms with Crippen LogP contribution in [-0.2, 0) is 29.3 Å². The molecule has 1 saturated heterocycles. The molecular weight excluding hydrogens is 440 g/mol. The van der Waals surface area contributed by atoms with Gasteiger partial charge in [-0.2, -0.15) is 4.31 Å². The van der Waals surface area contributed by atoms with Crippen LogP contribution in [0.5, 0.6) is 0 Å². The van der Waals surface area contributed by atoms with Gasteiger partial charge in [-0.05, 0) is 54.9 Å². The maximum Gasteiger partial charge on any atom is 0.243 e. The van der Waals surface area contributed by atoms with Gasteiger partial charge in [0.15, 0.2) is 0 Å². The first-order chi connectivity index (χ1) is 15.5. The molecule has 6 nitrogen and oxygen atoms in total. The molecule has 0 radical (unpaired) electrons. The Morgan fingerprint density at radius 1 is 1.09 bits per heavy atom. The quantitative estimate of drug-likeness (QED) is 0.557. The summed E-state index contributed by atoms with van der Waals surface area (Å²) in [6, 6.07) is 7.37. The lowest BCUT2D eigenvalue weighted by atomic mass is 9.89. The first kappa shape index (κ1) is 21.8. The maximum atomic E-state index is 13.2. The van der Waals surface area contributed by atoms with E-state index >= 15 is 0 Å². The average Bonchev–Trinajstić information content (AvgIpc) is 3.17. The highest BCUT2D eigenvalue weighted by atomic mass is 32.2. The number of hydrogen-bond acceptors (Lipinski definition) is 6. The van der Waals surface area contributed by atoms with Crippen LogP contribution in [0.1, 0.15) is 42.7 Å². The molecule has 170 valence electrons. The molecule has 2 aromatic heterocycles. The molecule has 8 heteroatoms. The van der Waals surface area contributed by atoms with Gasteiger partial charge in [-0.15, -0.1) is 11.3 Å². The van der Waals surface area contributed by atoms with E-state index in [1.807, 2.05) is 12.1 Å². The summed E-state index contributed by atoms with van der Waals surface area (Å²) in [5, 5.41) is 1.20. The van der Waals surface area contributed by atoms with E-state index in [0.717, 1.165) is 42.2 Å². The molecule has 32 heavy (non-hydrogen) atoms. The summed E-state index contributed by atoms with van der Waals surface area (Å²) in [4.78, 5) is 14.4. The molecule has 1 aliphatic heterocycles.